The molecule has 2 N–H and O–H groups in total. The fourth-order valence-corrected chi connectivity index (χ4v) is 1.88. The van der Waals surface area contributed by atoms with Gasteiger partial charge in [-0.2, -0.15) is 0 Å². The van der Waals surface area contributed by atoms with Gasteiger partial charge in [-0.25, -0.2) is 0 Å². The molecule has 17 heavy (non-hydrogen) atoms. The smallest absolute Gasteiger partial charge is 0.167 e. The van der Waals surface area contributed by atoms with Crippen molar-refractivity contribution in [1.29, 1.82) is 0 Å². The monoisotopic (exact) mass is 225 g/mol. The molecule has 0 radical (unpaired) electrons. The molecule has 0 amide bonds. The number of nitrogen functional groups attached to an aromatic ring is 1. The van der Waals surface area contributed by atoms with Gasteiger partial charge in [0.2, 0.25) is 0 Å². The van der Waals surface area contributed by atoms with Gasteiger partial charge in [0.15, 0.2) is 5.78 Å². The van der Waals surface area contributed by atoms with Crippen molar-refractivity contribution < 1.29 is 4.79 Å². The molecular formula is C15H15NO. The van der Waals surface area contributed by atoms with Gasteiger partial charge in [-0.15, -0.1) is 0 Å². The minimum Gasteiger partial charge on any atom is -0.399 e. The van der Waals surface area contributed by atoms with Crippen molar-refractivity contribution in [2.75, 3.05) is 5.73 Å². The van der Waals surface area contributed by atoms with Gasteiger partial charge in [0.05, 0.1) is 0 Å². The molecule has 0 spiro atoms. The van der Waals surface area contributed by atoms with E-state index >= 15 is 0 Å². The first-order chi connectivity index (χ1) is 8.16. The average Bonchev–Trinajstić information content (AvgIpc) is 2.30. The van der Waals surface area contributed by atoms with Crippen LogP contribution in [-0.2, 0) is 6.42 Å². The van der Waals surface area contributed by atoms with E-state index in [2.05, 4.69) is 0 Å². The van der Waals surface area contributed by atoms with Crippen LogP contribution in [0.2, 0.25) is 0 Å². The molecular weight excluding hydrogens is 210 g/mol. The molecule has 2 rings (SSSR count). The van der Waals surface area contributed by atoms with E-state index in [4.69, 9.17) is 5.73 Å². The largest absolute Gasteiger partial charge is 0.399 e. The Hall–Kier alpha value is -2.09. The zero-order valence-corrected chi connectivity index (χ0v) is 9.81. The molecule has 0 heterocycles. The molecule has 2 aromatic carbocycles. The Balaban J connectivity index is 2.21. The van der Waals surface area contributed by atoms with Crippen molar-refractivity contribution in [2.24, 2.45) is 0 Å². The van der Waals surface area contributed by atoms with Crippen molar-refractivity contribution in [3.05, 3.63) is 65.2 Å². The van der Waals surface area contributed by atoms with Gasteiger partial charge in [-0.1, -0.05) is 30.3 Å². The normalized spacial score (nSPS) is 10.2. The van der Waals surface area contributed by atoms with E-state index in [0.29, 0.717) is 12.1 Å². The molecule has 2 aromatic rings. The molecule has 86 valence electrons. The predicted octanol–water partition coefficient (Wildman–Crippen LogP) is 3.00. The number of anilines is 1. The van der Waals surface area contributed by atoms with Crippen LogP contribution >= 0.6 is 0 Å². The summed E-state index contributed by atoms with van der Waals surface area (Å²) in [6, 6.07) is 15.2. The summed E-state index contributed by atoms with van der Waals surface area (Å²) in [6.45, 7) is 1.91. The highest BCUT2D eigenvalue weighted by Crippen LogP contribution is 2.15. The molecule has 0 bridgehead atoms. The lowest BCUT2D eigenvalue weighted by Crippen LogP contribution is -2.06. The Morgan fingerprint density at radius 2 is 1.82 bits per heavy atom. The summed E-state index contributed by atoms with van der Waals surface area (Å²) >= 11 is 0. The van der Waals surface area contributed by atoms with Crippen molar-refractivity contribution in [2.45, 2.75) is 13.3 Å². The van der Waals surface area contributed by atoms with E-state index in [1.807, 2.05) is 43.3 Å². The number of carbonyl (C=O) groups excluding carboxylic acids is 1. The topological polar surface area (TPSA) is 43.1 Å². The molecule has 0 atom stereocenters. The van der Waals surface area contributed by atoms with E-state index in [-0.39, 0.29) is 5.78 Å². The van der Waals surface area contributed by atoms with Gasteiger partial charge in [0.25, 0.3) is 0 Å². The Morgan fingerprint density at radius 1 is 1.12 bits per heavy atom. The summed E-state index contributed by atoms with van der Waals surface area (Å²) in [5.41, 5.74) is 9.09. The first-order valence-electron chi connectivity index (χ1n) is 5.60. The summed E-state index contributed by atoms with van der Waals surface area (Å²) < 4.78 is 0. The van der Waals surface area contributed by atoms with Crippen LogP contribution in [0.15, 0.2) is 48.5 Å². The summed E-state index contributed by atoms with van der Waals surface area (Å²) in [4.78, 5) is 12.1. The zero-order valence-electron chi connectivity index (χ0n) is 9.81. The number of rotatable bonds is 3. The number of Topliss-reactive ketones (excluding diaryl/α,β-unsaturated/α-hetero) is 1. The lowest BCUT2D eigenvalue weighted by molar-refractivity contribution is 0.0992. The molecule has 0 fully saturated rings. The first-order valence-corrected chi connectivity index (χ1v) is 5.60. The maximum atomic E-state index is 12.1. The maximum Gasteiger partial charge on any atom is 0.167 e. The minimum atomic E-state index is 0.133. The van der Waals surface area contributed by atoms with Crippen molar-refractivity contribution in [1.82, 2.24) is 0 Å². The van der Waals surface area contributed by atoms with Crippen LogP contribution in [0, 0.1) is 6.92 Å². The molecule has 0 saturated heterocycles. The van der Waals surface area contributed by atoms with Crippen LogP contribution < -0.4 is 5.73 Å². The Bertz CT molecular complexity index is 532. The fraction of sp³-hybridized carbons (Fsp3) is 0.133. The second-order valence-electron chi connectivity index (χ2n) is 4.16. The molecule has 0 aromatic heterocycles. The number of hydrogen-bond acceptors (Lipinski definition) is 2. The van der Waals surface area contributed by atoms with E-state index in [1.54, 1.807) is 12.1 Å². The first kappa shape index (κ1) is 11.4. The molecule has 0 saturated carbocycles. The van der Waals surface area contributed by atoms with Crippen LogP contribution in [-0.4, -0.2) is 5.78 Å². The van der Waals surface area contributed by atoms with E-state index in [9.17, 15) is 4.79 Å². The van der Waals surface area contributed by atoms with Gasteiger partial charge in [-0.3, -0.25) is 4.79 Å². The summed E-state index contributed by atoms with van der Waals surface area (Å²) in [5, 5.41) is 0. The Labute approximate surface area is 101 Å². The van der Waals surface area contributed by atoms with Crippen LogP contribution in [0.5, 0.6) is 0 Å². The zero-order chi connectivity index (χ0) is 12.3. The lowest BCUT2D eigenvalue weighted by atomic mass is 9.99. The summed E-state index contributed by atoms with van der Waals surface area (Å²) in [7, 11) is 0. The minimum absolute atomic E-state index is 0.133. The van der Waals surface area contributed by atoms with Crippen molar-refractivity contribution in [3.8, 4) is 0 Å². The van der Waals surface area contributed by atoms with E-state index in [0.717, 1.165) is 16.7 Å². The third-order valence-electron chi connectivity index (χ3n) is 2.76. The number of hydrogen-bond donors (Lipinski definition) is 1. The van der Waals surface area contributed by atoms with Gasteiger partial charge < -0.3 is 5.73 Å². The predicted molar refractivity (Wildman–Crippen MR) is 70.1 cm³/mol. The third kappa shape index (κ3) is 2.72. The second kappa shape index (κ2) is 4.83. The number of nitrogens with two attached hydrogens (primary N) is 1. The highest BCUT2D eigenvalue weighted by Gasteiger charge is 2.09. The highest BCUT2D eigenvalue weighted by atomic mass is 16.1. The summed E-state index contributed by atoms with van der Waals surface area (Å²) in [6.07, 6.45) is 0.436. The lowest BCUT2D eigenvalue weighted by Gasteiger charge is -2.06. The maximum absolute atomic E-state index is 12.1. The van der Waals surface area contributed by atoms with Crippen LogP contribution in [0.25, 0.3) is 0 Å². The van der Waals surface area contributed by atoms with Crippen molar-refractivity contribution in [3.63, 3.8) is 0 Å². The van der Waals surface area contributed by atoms with Crippen LogP contribution in [0.1, 0.15) is 21.5 Å². The van der Waals surface area contributed by atoms with Gasteiger partial charge in [0.1, 0.15) is 0 Å². The second-order valence-corrected chi connectivity index (χ2v) is 4.16. The van der Waals surface area contributed by atoms with Gasteiger partial charge in [-0.05, 0) is 36.2 Å². The van der Waals surface area contributed by atoms with Gasteiger partial charge >= 0.3 is 0 Å². The van der Waals surface area contributed by atoms with Crippen molar-refractivity contribution >= 4 is 11.5 Å². The average molecular weight is 225 g/mol. The molecule has 2 nitrogen and oxygen atoms in total. The standard InChI is InChI=1S/C15H15NO/c1-11-9-13(16)7-8-14(11)15(17)10-12-5-3-2-4-6-12/h2-9H,10,16H2,1H3. The van der Waals surface area contributed by atoms with E-state index in [1.165, 1.54) is 0 Å². The quantitative estimate of drug-likeness (QED) is 0.644. The molecule has 0 aliphatic carbocycles. The Kier molecular flexibility index (Phi) is 3.24. The molecule has 0 unspecified atom stereocenters. The van der Waals surface area contributed by atoms with Crippen LogP contribution in [0.3, 0.4) is 0 Å². The van der Waals surface area contributed by atoms with Gasteiger partial charge in [0, 0.05) is 17.7 Å². The number of benzene rings is 2. The number of ketones is 1. The number of aryl methyl sites for hydroxylation is 1. The molecule has 2 heteroatoms. The number of carbonyl (C=O) groups is 1. The molecule has 0 aliphatic rings. The Morgan fingerprint density at radius 3 is 2.47 bits per heavy atom. The SMILES string of the molecule is Cc1cc(N)ccc1C(=O)Cc1ccccc1. The fourth-order valence-electron chi connectivity index (χ4n) is 1.88. The third-order valence-corrected chi connectivity index (χ3v) is 2.76. The van der Waals surface area contributed by atoms with E-state index < -0.39 is 0 Å². The van der Waals surface area contributed by atoms with Crippen LogP contribution in [0.4, 0.5) is 5.69 Å². The highest BCUT2D eigenvalue weighted by molar-refractivity contribution is 5.99. The summed E-state index contributed by atoms with van der Waals surface area (Å²) in [5.74, 6) is 0.133. The molecule has 0 aliphatic heterocycles.